The molecular weight excluding hydrogens is 909 g/mol. The van der Waals surface area contributed by atoms with Crippen molar-refractivity contribution in [3.05, 3.63) is 250 Å². The summed E-state index contributed by atoms with van der Waals surface area (Å²) in [5.41, 5.74) is 16.4. The van der Waals surface area contributed by atoms with Crippen molar-refractivity contribution in [3.63, 3.8) is 0 Å². The van der Waals surface area contributed by atoms with Crippen LogP contribution in [0.1, 0.15) is 56.2 Å². The standard InChI is InChI=1S/C64H60N10/c1-43-25-9-17-33-51(43)71(52-34-18-10-26-44(52)2)61-65-59(66-62(69-61)72(53-35-19-11-27-45(53)3)54-36-20-12-28-46(54)4)41-42-60-67-63(73(55-37-21-13-29-47(55)5)56-38-22-14-30-48(56)6)70-64(68-60)74(57-39-23-15-31-49(57)7)58-40-24-16-32-50(58)8/h9-40H,41-42H2,1-8H3. The summed E-state index contributed by atoms with van der Waals surface area (Å²) in [6, 6.07) is 67.0. The van der Waals surface area contributed by atoms with Gasteiger partial charge in [-0.05, 0) is 148 Å². The zero-order chi connectivity index (χ0) is 51.3. The van der Waals surface area contributed by atoms with Crippen LogP contribution in [0.4, 0.5) is 69.3 Å². The fraction of sp³-hybridized carbons (Fsp3) is 0.156. The molecular formula is C64H60N10. The Morgan fingerprint density at radius 1 is 0.216 bits per heavy atom. The Labute approximate surface area is 435 Å². The number of nitrogens with zero attached hydrogens (tertiary/aromatic N) is 10. The van der Waals surface area contributed by atoms with E-state index in [1.54, 1.807) is 0 Å². The zero-order valence-corrected chi connectivity index (χ0v) is 43.4. The van der Waals surface area contributed by atoms with Crippen LogP contribution in [0.3, 0.4) is 0 Å². The first-order chi connectivity index (χ1) is 36.0. The predicted octanol–water partition coefficient (Wildman–Crippen LogP) is 16.2. The van der Waals surface area contributed by atoms with Crippen molar-refractivity contribution in [2.24, 2.45) is 0 Å². The minimum Gasteiger partial charge on any atom is -0.278 e. The van der Waals surface area contributed by atoms with Crippen molar-refractivity contribution in [3.8, 4) is 0 Å². The average Bonchev–Trinajstić information content (AvgIpc) is 3.41. The van der Waals surface area contributed by atoms with Crippen molar-refractivity contribution in [1.82, 2.24) is 29.9 Å². The number of benzene rings is 8. The normalized spacial score (nSPS) is 11.1. The molecule has 10 rings (SSSR count). The van der Waals surface area contributed by atoms with Crippen molar-refractivity contribution in [2.45, 2.75) is 68.2 Å². The minimum atomic E-state index is 0.375. The Kier molecular flexibility index (Phi) is 14.0. The highest BCUT2D eigenvalue weighted by molar-refractivity contribution is 5.82. The lowest BCUT2D eigenvalue weighted by Crippen LogP contribution is -2.23. The molecule has 0 radical (unpaired) electrons. The summed E-state index contributed by atoms with van der Waals surface area (Å²) in [4.78, 5) is 41.3. The first-order valence-electron chi connectivity index (χ1n) is 25.2. The number of aryl methyl sites for hydroxylation is 10. The topological polar surface area (TPSA) is 90.3 Å². The quantitative estimate of drug-likeness (QED) is 0.0989. The number of anilines is 12. The number of hydrogen-bond donors (Lipinski definition) is 0. The summed E-state index contributed by atoms with van der Waals surface area (Å²) in [6.45, 7) is 17.0. The molecule has 2 heterocycles. The van der Waals surface area contributed by atoms with E-state index < -0.39 is 0 Å². The van der Waals surface area contributed by atoms with Gasteiger partial charge in [0.15, 0.2) is 0 Å². The van der Waals surface area contributed by atoms with Gasteiger partial charge in [-0.2, -0.15) is 29.9 Å². The Bertz CT molecular complexity index is 2980. The number of para-hydroxylation sites is 8. The summed E-state index contributed by atoms with van der Waals surface area (Å²) >= 11 is 0. The summed E-state index contributed by atoms with van der Waals surface area (Å²) in [6.07, 6.45) is 0.749. The Morgan fingerprint density at radius 2 is 0.365 bits per heavy atom. The molecule has 0 N–H and O–H groups in total. The maximum Gasteiger partial charge on any atom is 0.239 e. The van der Waals surface area contributed by atoms with E-state index in [0.717, 1.165) is 90.0 Å². The van der Waals surface area contributed by atoms with Crippen molar-refractivity contribution < 1.29 is 0 Å². The third-order valence-corrected chi connectivity index (χ3v) is 13.5. The van der Waals surface area contributed by atoms with Crippen LogP contribution in [0.2, 0.25) is 0 Å². The zero-order valence-electron chi connectivity index (χ0n) is 43.4. The molecule has 0 aliphatic rings. The van der Waals surface area contributed by atoms with Gasteiger partial charge in [-0.1, -0.05) is 146 Å². The maximum absolute atomic E-state index is 5.48. The SMILES string of the molecule is Cc1ccccc1N(c1nc(CCc2nc(N(c3ccccc3C)c3ccccc3C)nc(N(c3ccccc3C)c3ccccc3C)n2)nc(N(c2ccccc2C)c2ccccc2C)n1)c1ccccc1C. The number of hydrogen-bond acceptors (Lipinski definition) is 10. The molecule has 0 saturated carbocycles. The fourth-order valence-electron chi connectivity index (χ4n) is 9.53. The van der Waals surface area contributed by atoms with Gasteiger partial charge in [0, 0.05) is 12.8 Å². The lowest BCUT2D eigenvalue weighted by atomic mass is 10.1. The summed E-state index contributed by atoms with van der Waals surface area (Å²) < 4.78 is 0. The molecule has 2 aromatic heterocycles. The summed E-state index contributed by atoms with van der Waals surface area (Å²) in [5, 5.41) is 0. The second kappa shape index (κ2) is 21.4. The van der Waals surface area contributed by atoms with E-state index in [-0.39, 0.29) is 0 Å². The predicted molar refractivity (Wildman–Crippen MR) is 304 cm³/mol. The summed E-state index contributed by atoms with van der Waals surface area (Å²) in [7, 11) is 0. The van der Waals surface area contributed by atoms with Gasteiger partial charge in [0.25, 0.3) is 0 Å². The second-order valence-corrected chi connectivity index (χ2v) is 18.8. The molecule has 0 spiro atoms. The van der Waals surface area contributed by atoms with Gasteiger partial charge in [0.1, 0.15) is 11.6 Å². The molecule has 74 heavy (non-hydrogen) atoms. The third kappa shape index (κ3) is 9.94. The van der Waals surface area contributed by atoms with Crippen molar-refractivity contribution in [2.75, 3.05) is 19.6 Å². The van der Waals surface area contributed by atoms with Crippen LogP contribution >= 0.6 is 0 Å². The van der Waals surface area contributed by atoms with Gasteiger partial charge in [0.2, 0.25) is 23.8 Å². The largest absolute Gasteiger partial charge is 0.278 e. The van der Waals surface area contributed by atoms with Crippen molar-refractivity contribution >= 4 is 69.3 Å². The molecule has 8 aromatic carbocycles. The number of rotatable bonds is 15. The van der Waals surface area contributed by atoms with Crippen molar-refractivity contribution in [1.29, 1.82) is 0 Å². The van der Waals surface area contributed by atoms with Gasteiger partial charge in [-0.3, -0.25) is 19.6 Å². The molecule has 0 fully saturated rings. The van der Waals surface area contributed by atoms with Crippen LogP contribution < -0.4 is 19.6 Å². The first kappa shape index (κ1) is 48.6. The first-order valence-corrected chi connectivity index (χ1v) is 25.2. The molecule has 10 aromatic rings. The van der Waals surface area contributed by atoms with E-state index in [9.17, 15) is 0 Å². The molecule has 10 nitrogen and oxygen atoms in total. The highest BCUT2D eigenvalue weighted by Gasteiger charge is 2.28. The molecule has 0 saturated heterocycles. The number of aromatic nitrogens is 6. The lowest BCUT2D eigenvalue weighted by Gasteiger charge is -2.30. The Balaban J connectivity index is 1.20. The Hall–Kier alpha value is -9.02. The highest BCUT2D eigenvalue weighted by atomic mass is 15.4. The smallest absolute Gasteiger partial charge is 0.239 e. The van der Waals surface area contributed by atoms with Crippen LogP contribution in [-0.4, -0.2) is 29.9 Å². The minimum absolute atomic E-state index is 0.375. The van der Waals surface area contributed by atoms with E-state index >= 15 is 0 Å². The van der Waals surface area contributed by atoms with Crippen LogP contribution in [0.15, 0.2) is 194 Å². The van der Waals surface area contributed by atoms with Gasteiger partial charge in [-0.15, -0.1) is 0 Å². The van der Waals surface area contributed by atoms with Crippen LogP contribution in [0, 0.1) is 55.4 Å². The molecule has 0 amide bonds. The van der Waals surface area contributed by atoms with Crippen LogP contribution in [0.25, 0.3) is 0 Å². The maximum atomic E-state index is 5.48. The average molecular weight is 969 g/mol. The molecule has 10 heteroatoms. The monoisotopic (exact) mass is 969 g/mol. The third-order valence-electron chi connectivity index (χ3n) is 13.5. The van der Waals surface area contributed by atoms with E-state index in [1.807, 2.05) is 0 Å². The van der Waals surface area contributed by atoms with Crippen LogP contribution in [0.5, 0.6) is 0 Å². The van der Waals surface area contributed by atoms with E-state index in [2.05, 4.69) is 269 Å². The highest BCUT2D eigenvalue weighted by Crippen LogP contribution is 2.43. The van der Waals surface area contributed by atoms with Gasteiger partial charge in [0.05, 0.1) is 45.5 Å². The van der Waals surface area contributed by atoms with E-state index in [1.165, 1.54) is 0 Å². The molecule has 0 aliphatic heterocycles. The second-order valence-electron chi connectivity index (χ2n) is 18.8. The molecule has 366 valence electrons. The van der Waals surface area contributed by atoms with Gasteiger partial charge in [-0.25, -0.2) is 0 Å². The molecule has 0 atom stereocenters. The van der Waals surface area contributed by atoms with Crippen LogP contribution in [-0.2, 0) is 12.8 Å². The summed E-state index contributed by atoms with van der Waals surface area (Å²) in [5.74, 6) is 3.14. The lowest BCUT2D eigenvalue weighted by molar-refractivity contribution is 0.777. The van der Waals surface area contributed by atoms with Gasteiger partial charge >= 0.3 is 0 Å². The van der Waals surface area contributed by atoms with E-state index in [4.69, 9.17) is 29.9 Å². The molecule has 0 unspecified atom stereocenters. The molecule has 0 bridgehead atoms. The molecule has 0 aliphatic carbocycles. The fourth-order valence-corrected chi connectivity index (χ4v) is 9.53. The Morgan fingerprint density at radius 3 is 0.514 bits per heavy atom. The van der Waals surface area contributed by atoms with E-state index in [0.29, 0.717) is 48.3 Å². The van der Waals surface area contributed by atoms with Gasteiger partial charge < -0.3 is 0 Å².